The van der Waals surface area contributed by atoms with Crippen molar-refractivity contribution in [1.82, 2.24) is 15.5 Å². The molecule has 1 aromatic heterocycles. The summed E-state index contributed by atoms with van der Waals surface area (Å²) in [5.41, 5.74) is 1.05. The second-order valence-corrected chi connectivity index (χ2v) is 5.86. The molecule has 7 nitrogen and oxygen atoms in total. The van der Waals surface area contributed by atoms with Crippen molar-refractivity contribution in [3.63, 3.8) is 0 Å². The van der Waals surface area contributed by atoms with Crippen LogP contribution < -0.4 is 10.5 Å². The maximum absolute atomic E-state index is 11.9. The van der Waals surface area contributed by atoms with Crippen molar-refractivity contribution in [2.45, 2.75) is 17.9 Å². The minimum Gasteiger partial charge on any atom is -0.345 e. The maximum Gasteiger partial charge on any atom is 0.254 e. The van der Waals surface area contributed by atoms with Gasteiger partial charge in [-0.2, -0.15) is 5.10 Å². The smallest absolute Gasteiger partial charge is 0.254 e. The average molecular weight is 294 g/mol. The molecule has 8 heteroatoms. The molecule has 106 valence electrons. The Balaban J connectivity index is 2.18. The number of hydrogen-bond acceptors (Lipinski definition) is 4. The van der Waals surface area contributed by atoms with E-state index in [2.05, 4.69) is 15.5 Å². The summed E-state index contributed by atoms with van der Waals surface area (Å²) in [6.45, 7) is 1.75. The number of carbonyl (C=O) groups excluding carboxylic acids is 1. The van der Waals surface area contributed by atoms with Gasteiger partial charge in [-0.1, -0.05) is 12.1 Å². The molecule has 0 spiro atoms. The molecule has 0 saturated heterocycles. The summed E-state index contributed by atoms with van der Waals surface area (Å²) in [4.78, 5) is 11.9. The predicted molar refractivity (Wildman–Crippen MR) is 72.3 cm³/mol. The van der Waals surface area contributed by atoms with Crippen LogP contribution >= 0.6 is 0 Å². The van der Waals surface area contributed by atoms with Gasteiger partial charge in [0.15, 0.2) is 0 Å². The van der Waals surface area contributed by atoms with E-state index in [1.807, 2.05) is 0 Å². The molecular weight excluding hydrogens is 280 g/mol. The fraction of sp³-hybridized carbons (Fsp3) is 0.167. The number of aromatic amines is 1. The second kappa shape index (κ2) is 5.43. The fourth-order valence-electron chi connectivity index (χ4n) is 1.70. The van der Waals surface area contributed by atoms with Gasteiger partial charge in [-0.05, 0) is 24.6 Å². The molecule has 1 aromatic carbocycles. The summed E-state index contributed by atoms with van der Waals surface area (Å²) < 4.78 is 22.6. The maximum atomic E-state index is 11.9. The summed E-state index contributed by atoms with van der Waals surface area (Å²) in [7, 11) is -3.76. The molecule has 1 heterocycles. The van der Waals surface area contributed by atoms with Crippen molar-refractivity contribution in [3.05, 3.63) is 47.8 Å². The van der Waals surface area contributed by atoms with Gasteiger partial charge in [0.05, 0.1) is 22.7 Å². The first-order valence-corrected chi connectivity index (χ1v) is 7.35. The molecule has 1 unspecified atom stereocenters. The largest absolute Gasteiger partial charge is 0.345 e. The molecule has 0 aliphatic rings. The van der Waals surface area contributed by atoms with Crippen LogP contribution in [-0.2, 0) is 10.0 Å². The van der Waals surface area contributed by atoms with Crippen LogP contribution in [0.4, 0.5) is 0 Å². The first-order chi connectivity index (χ1) is 9.38. The Morgan fingerprint density at radius 2 is 2.20 bits per heavy atom. The zero-order valence-corrected chi connectivity index (χ0v) is 11.5. The number of sulfonamides is 1. The van der Waals surface area contributed by atoms with Crippen LogP contribution in [0, 0.1) is 0 Å². The Morgan fingerprint density at radius 1 is 1.45 bits per heavy atom. The number of primary sulfonamides is 1. The molecule has 0 fully saturated rings. The molecule has 0 aliphatic carbocycles. The van der Waals surface area contributed by atoms with Crippen LogP contribution in [0.25, 0.3) is 0 Å². The minimum atomic E-state index is -3.76. The lowest BCUT2D eigenvalue weighted by Gasteiger charge is -2.14. The number of aromatic nitrogens is 2. The number of carbonyl (C=O) groups is 1. The summed E-state index contributed by atoms with van der Waals surface area (Å²) in [6, 6.07) is 5.78. The Morgan fingerprint density at radius 3 is 2.80 bits per heavy atom. The standard InChI is InChI=1S/C12H14N4O3S/c1-8(16-12(17)10-6-14-15-7-10)9-3-2-4-11(5-9)20(13,18)19/h2-8H,1H3,(H,14,15)(H,16,17)(H2,13,18,19). The SMILES string of the molecule is CC(NC(=O)c1cn[nH]c1)c1cccc(S(N)(=O)=O)c1. The van der Waals surface area contributed by atoms with Crippen LogP contribution in [0.15, 0.2) is 41.6 Å². The van der Waals surface area contributed by atoms with Crippen LogP contribution in [0.5, 0.6) is 0 Å². The highest BCUT2D eigenvalue weighted by molar-refractivity contribution is 7.89. The summed E-state index contributed by atoms with van der Waals surface area (Å²) in [6.07, 6.45) is 2.88. The topological polar surface area (TPSA) is 118 Å². The van der Waals surface area contributed by atoms with Crippen LogP contribution in [0.2, 0.25) is 0 Å². The van der Waals surface area contributed by atoms with E-state index in [4.69, 9.17) is 5.14 Å². The Bertz CT molecular complexity index is 710. The number of nitrogens with one attached hydrogen (secondary N) is 2. The molecule has 20 heavy (non-hydrogen) atoms. The van der Waals surface area contributed by atoms with Gasteiger partial charge in [0.25, 0.3) is 5.91 Å². The van der Waals surface area contributed by atoms with Gasteiger partial charge in [0.2, 0.25) is 10.0 Å². The van der Waals surface area contributed by atoms with Crippen molar-refractivity contribution in [2.75, 3.05) is 0 Å². The zero-order valence-electron chi connectivity index (χ0n) is 10.7. The first kappa shape index (κ1) is 14.2. The lowest BCUT2D eigenvalue weighted by molar-refractivity contribution is 0.0940. The highest BCUT2D eigenvalue weighted by Gasteiger charge is 2.14. The van der Waals surface area contributed by atoms with Crippen molar-refractivity contribution in [1.29, 1.82) is 0 Å². The minimum absolute atomic E-state index is 0.0133. The Hall–Kier alpha value is -2.19. The monoisotopic (exact) mass is 294 g/mol. The lowest BCUT2D eigenvalue weighted by atomic mass is 10.1. The fourth-order valence-corrected chi connectivity index (χ4v) is 2.27. The molecule has 0 aliphatic heterocycles. The van der Waals surface area contributed by atoms with Gasteiger partial charge >= 0.3 is 0 Å². The Labute approximate surface area is 116 Å². The summed E-state index contributed by atoms with van der Waals surface area (Å²) in [5, 5.41) is 14.1. The number of amides is 1. The highest BCUT2D eigenvalue weighted by Crippen LogP contribution is 2.17. The third-order valence-corrected chi connectivity index (χ3v) is 3.71. The Kier molecular flexibility index (Phi) is 3.86. The number of nitrogens with zero attached hydrogens (tertiary/aromatic N) is 1. The molecule has 1 amide bonds. The molecule has 1 atom stereocenters. The van der Waals surface area contributed by atoms with Gasteiger partial charge in [-0.15, -0.1) is 0 Å². The predicted octanol–water partition coefficient (Wildman–Crippen LogP) is 0.548. The van der Waals surface area contributed by atoms with Crippen LogP contribution in [0.3, 0.4) is 0 Å². The first-order valence-electron chi connectivity index (χ1n) is 5.80. The van der Waals surface area contributed by atoms with E-state index in [1.165, 1.54) is 24.5 Å². The number of H-pyrrole nitrogens is 1. The van der Waals surface area contributed by atoms with Crippen LogP contribution in [-0.4, -0.2) is 24.5 Å². The van der Waals surface area contributed by atoms with E-state index in [1.54, 1.807) is 19.1 Å². The van der Waals surface area contributed by atoms with E-state index in [-0.39, 0.29) is 16.8 Å². The molecule has 0 radical (unpaired) electrons. The average Bonchev–Trinajstić information content (AvgIpc) is 2.91. The van der Waals surface area contributed by atoms with Gasteiger partial charge in [-0.3, -0.25) is 9.89 Å². The molecule has 0 saturated carbocycles. The summed E-state index contributed by atoms with van der Waals surface area (Å²) in [5.74, 6) is -0.299. The number of nitrogens with two attached hydrogens (primary N) is 1. The van der Waals surface area contributed by atoms with Gasteiger partial charge in [-0.25, -0.2) is 13.6 Å². The van der Waals surface area contributed by atoms with Gasteiger partial charge < -0.3 is 5.32 Å². The van der Waals surface area contributed by atoms with E-state index in [9.17, 15) is 13.2 Å². The third kappa shape index (κ3) is 3.22. The third-order valence-electron chi connectivity index (χ3n) is 2.79. The van der Waals surface area contributed by atoms with Gasteiger partial charge in [0, 0.05) is 6.20 Å². The number of benzene rings is 1. The second-order valence-electron chi connectivity index (χ2n) is 4.30. The molecular formula is C12H14N4O3S. The van der Waals surface area contributed by atoms with E-state index in [0.717, 1.165) is 0 Å². The van der Waals surface area contributed by atoms with Gasteiger partial charge in [0.1, 0.15) is 0 Å². The van der Waals surface area contributed by atoms with Crippen molar-refractivity contribution in [2.24, 2.45) is 5.14 Å². The zero-order chi connectivity index (χ0) is 14.8. The van der Waals surface area contributed by atoms with Crippen molar-refractivity contribution in [3.8, 4) is 0 Å². The van der Waals surface area contributed by atoms with Crippen molar-refractivity contribution < 1.29 is 13.2 Å². The highest BCUT2D eigenvalue weighted by atomic mass is 32.2. The molecule has 4 N–H and O–H groups in total. The quantitative estimate of drug-likeness (QED) is 0.763. The number of rotatable bonds is 4. The number of hydrogen-bond donors (Lipinski definition) is 3. The normalized spacial score (nSPS) is 12.9. The van der Waals surface area contributed by atoms with Crippen LogP contribution in [0.1, 0.15) is 28.9 Å². The van der Waals surface area contributed by atoms with Crippen molar-refractivity contribution >= 4 is 15.9 Å². The van der Waals surface area contributed by atoms with E-state index in [0.29, 0.717) is 11.1 Å². The van der Waals surface area contributed by atoms with E-state index >= 15 is 0 Å². The van der Waals surface area contributed by atoms with E-state index < -0.39 is 10.0 Å². The lowest BCUT2D eigenvalue weighted by Crippen LogP contribution is -2.26. The summed E-state index contributed by atoms with van der Waals surface area (Å²) >= 11 is 0. The molecule has 2 rings (SSSR count). The molecule has 0 bridgehead atoms. The molecule has 2 aromatic rings.